The van der Waals surface area contributed by atoms with Crippen LogP contribution in [-0.2, 0) is 14.8 Å². The predicted octanol–water partition coefficient (Wildman–Crippen LogP) is 1.12. The maximum atomic E-state index is 12.6. The molecule has 130 valence electrons. The fraction of sp³-hybridized carbons (Fsp3) is 0.294. The molecule has 0 saturated heterocycles. The summed E-state index contributed by atoms with van der Waals surface area (Å²) in [5, 5.41) is 3.03. The fourth-order valence-electron chi connectivity index (χ4n) is 3.07. The highest BCUT2D eigenvalue weighted by molar-refractivity contribution is 7.90. The first-order valence-electron chi connectivity index (χ1n) is 8.04. The third kappa shape index (κ3) is 3.17. The first-order valence-corrected chi connectivity index (χ1v) is 9.64. The molecule has 0 fully saturated rings. The molecule has 0 aliphatic carbocycles. The maximum Gasteiger partial charge on any atom is 0.256 e. The van der Waals surface area contributed by atoms with Crippen LogP contribution in [0.3, 0.4) is 0 Å². The summed E-state index contributed by atoms with van der Waals surface area (Å²) in [6.07, 6.45) is 5.50. The smallest absolute Gasteiger partial charge is 0.256 e. The molecule has 0 radical (unpaired) electrons. The third-order valence-electron chi connectivity index (χ3n) is 4.35. The molecule has 1 amide bonds. The van der Waals surface area contributed by atoms with Gasteiger partial charge in [-0.25, -0.2) is 8.42 Å². The van der Waals surface area contributed by atoms with Gasteiger partial charge in [0.25, 0.3) is 15.9 Å². The molecule has 0 unspecified atom stereocenters. The lowest BCUT2D eigenvalue weighted by Crippen LogP contribution is -2.39. The minimum atomic E-state index is -3.40. The Morgan fingerprint density at radius 2 is 2.12 bits per heavy atom. The number of sulfonamides is 1. The molecular formula is C17H17N3O4S. The number of carbonyl (C=O) groups excluding carboxylic acids is 1. The van der Waals surface area contributed by atoms with E-state index in [0.717, 1.165) is 11.3 Å². The van der Waals surface area contributed by atoms with Crippen molar-refractivity contribution in [1.29, 1.82) is 0 Å². The van der Waals surface area contributed by atoms with E-state index in [0.29, 0.717) is 31.0 Å². The van der Waals surface area contributed by atoms with Crippen LogP contribution in [0.2, 0.25) is 0 Å². The zero-order valence-electron chi connectivity index (χ0n) is 13.4. The van der Waals surface area contributed by atoms with Crippen LogP contribution < -0.4 is 10.1 Å². The molecule has 3 aliphatic rings. The van der Waals surface area contributed by atoms with Gasteiger partial charge in [-0.3, -0.25) is 4.79 Å². The first-order chi connectivity index (χ1) is 12.0. The van der Waals surface area contributed by atoms with Crippen LogP contribution in [0.1, 0.15) is 18.0 Å². The van der Waals surface area contributed by atoms with Gasteiger partial charge in [0.2, 0.25) is 0 Å². The summed E-state index contributed by atoms with van der Waals surface area (Å²) in [5.74, 6) is 0.885. The van der Waals surface area contributed by atoms with Gasteiger partial charge >= 0.3 is 0 Å². The number of amides is 1. The third-order valence-corrected chi connectivity index (χ3v) is 5.51. The second-order valence-corrected chi connectivity index (χ2v) is 7.80. The lowest BCUT2D eigenvalue weighted by Gasteiger charge is -2.29. The van der Waals surface area contributed by atoms with E-state index in [4.69, 9.17) is 4.74 Å². The summed E-state index contributed by atoms with van der Waals surface area (Å²) in [4.78, 5) is 14.3. The molecule has 1 aromatic carbocycles. The van der Waals surface area contributed by atoms with Gasteiger partial charge in [0.05, 0.1) is 24.0 Å². The Morgan fingerprint density at radius 3 is 3.00 bits per heavy atom. The van der Waals surface area contributed by atoms with Gasteiger partial charge < -0.3 is 15.0 Å². The number of para-hydroxylation sites is 1. The monoisotopic (exact) mass is 359 g/mol. The van der Waals surface area contributed by atoms with Crippen LogP contribution in [0.15, 0.2) is 52.6 Å². The van der Waals surface area contributed by atoms with Gasteiger partial charge in [-0.15, -0.1) is 4.40 Å². The van der Waals surface area contributed by atoms with Crippen LogP contribution in [0.5, 0.6) is 5.75 Å². The van der Waals surface area contributed by atoms with E-state index in [1.165, 1.54) is 0 Å². The number of fused-ring (bicyclic) bond motifs is 2. The van der Waals surface area contributed by atoms with Gasteiger partial charge in [0, 0.05) is 24.7 Å². The molecule has 7 nitrogen and oxygen atoms in total. The van der Waals surface area contributed by atoms with E-state index >= 15 is 0 Å². The largest absolute Gasteiger partial charge is 0.493 e. The molecule has 0 spiro atoms. The number of amidine groups is 1. The number of nitrogens with one attached hydrogen (secondary N) is 1. The average Bonchev–Trinajstić information content (AvgIpc) is 2.61. The maximum absolute atomic E-state index is 12.6. The molecule has 1 atom stereocenters. The van der Waals surface area contributed by atoms with E-state index in [-0.39, 0.29) is 17.7 Å². The first kappa shape index (κ1) is 15.9. The molecule has 8 heteroatoms. The molecule has 4 rings (SSSR count). The topological polar surface area (TPSA) is 88.1 Å². The SMILES string of the molecule is O=C(N[C@H]1CCOc2ccccc21)C1=CN2CCS(=O)(=O)N=C2C=C1. The number of carbonyl (C=O) groups is 1. The van der Waals surface area contributed by atoms with E-state index in [1.807, 2.05) is 24.3 Å². The number of benzene rings is 1. The highest BCUT2D eigenvalue weighted by Crippen LogP contribution is 2.31. The molecule has 3 heterocycles. The van der Waals surface area contributed by atoms with Crippen LogP contribution >= 0.6 is 0 Å². The molecule has 1 aromatic rings. The van der Waals surface area contributed by atoms with Crippen molar-refractivity contribution in [2.75, 3.05) is 18.9 Å². The Hall–Kier alpha value is -2.61. The molecule has 0 saturated carbocycles. The zero-order chi connectivity index (χ0) is 17.4. The van der Waals surface area contributed by atoms with Crippen LogP contribution in [0.4, 0.5) is 0 Å². The van der Waals surface area contributed by atoms with Crippen molar-refractivity contribution in [3.63, 3.8) is 0 Å². The Labute approximate surface area is 145 Å². The van der Waals surface area contributed by atoms with Crippen molar-refractivity contribution in [2.24, 2.45) is 4.40 Å². The standard InChI is InChI=1S/C17H17N3O4S/c21-17(18-14-7-9-24-15-4-2-1-3-13(14)15)12-5-6-16-19-25(22,23)10-8-20(16)11-12/h1-6,11,14H,7-10H2,(H,18,21)/t14-/m0/s1. The summed E-state index contributed by atoms with van der Waals surface area (Å²) < 4.78 is 32.4. The van der Waals surface area contributed by atoms with Crippen molar-refractivity contribution < 1.29 is 17.9 Å². The molecule has 3 aliphatic heterocycles. The highest BCUT2D eigenvalue weighted by Gasteiger charge is 2.27. The summed E-state index contributed by atoms with van der Waals surface area (Å²) in [7, 11) is -3.40. The van der Waals surface area contributed by atoms with E-state index in [9.17, 15) is 13.2 Å². The Kier molecular flexibility index (Phi) is 3.84. The number of hydrogen-bond donors (Lipinski definition) is 1. The lowest BCUT2D eigenvalue weighted by atomic mass is 10.00. The predicted molar refractivity (Wildman–Crippen MR) is 92.6 cm³/mol. The number of hydrogen-bond acceptors (Lipinski definition) is 5. The van der Waals surface area contributed by atoms with Gasteiger partial charge in [-0.2, -0.15) is 0 Å². The van der Waals surface area contributed by atoms with Crippen LogP contribution in [0, 0.1) is 0 Å². The van der Waals surface area contributed by atoms with Crippen molar-refractivity contribution >= 4 is 21.8 Å². The summed E-state index contributed by atoms with van der Waals surface area (Å²) >= 11 is 0. The Balaban J connectivity index is 1.52. The Morgan fingerprint density at radius 1 is 1.28 bits per heavy atom. The minimum absolute atomic E-state index is 0.0525. The lowest BCUT2D eigenvalue weighted by molar-refractivity contribution is -0.118. The number of nitrogens with zero attached hydrogens (tertiary/aromatic N) is 2. The summed E-state index contributed by atoms with van der Waals surface area (Å²) in [6.45, 7) is 0.847. The van der Waals surface area contributed by atoms with Gasteiger partial charge in [0.15, 0.2) is 0 Å². The van der Waals surface area contributed by atoms with Gasteiger partial charge in [-0.1, -0.05) is 18.2 Å². The van der Waals surface area contributed by atoms with Crippen LogP contribution in [-0.4, -0.2) is 44.0 Å². The normalized spacial score (nSPS) is 23.5. The Bertz CT molecular complexity index is 918. The van der Waals surface area contributed by atoms with Crippen molar-refractivity contribution in [3.8, 4) is 5.75 Å². The van der Waals surface area contributed by atoms with Crippen molar-refractivity contribution in [3.05, 3.63) is 53.8 Å². The highest BCUT2D eigenvalue weighted by atomic mass is 32.2. The van der Waals surface area contributed by atoms with E-state index in [1.54, 1.807) is 23.3 Å². The van der Waals surface area contributed by atoms with E-state index in [2.05, 4.69) is 9.71 Å². The van der Waals surface area contributed by atoms with Gasteiger partial charge in [0.1, 0.15) is 11.6 Å². The summed E-state index contributed by atoms with van der Waals surface area (Å²) in [6, 6.07) is 7.56. The van der Waals surface area contributed by atoms with Crippen molar-refractivity contribution in [2.45, 2.75) is 12.5 Å². The average molecular weight is 359 g/mol. The number of ether oxygens (including phenoxy) is 1. The quantitative estimate of drug-likeness (QED) is 0.855. The molecule has 25 heavy (non-hydrogen) atoms. The van der Waals surface area contributed by atoms with Crippen molar-refractivity contribution in [1.82, 2.24) is 10.2 Å². The second-order valence-electron chi connectivity index (χ2n) is 6.05. The zero-order valence-corrected chi connectivity index (χ0v) is 14.2. The molecule has 0 aromatic heterocycles. The fourth-order valence-corrected chi connectivity index (χ4v) is 4.04. The molecule has 1 N–H and O–H groups in total. The summed E-state index contributed by atoms with van der Waals surface area (Å²) in [5.41, 5.74) is 1.44. The second kappa shape index (κ2) is 6.03. The van der Waals surface area contributed by atoms with Crippen LogP contribution in [0.25, 0.3) is 0 Å². The van der Waals surface area contributed by atoms with Gasteiger partial charge in [-0.05, 0) is 18.2 Å². The molecule has 0 bridgehead atoms. The van der Waals surface area contributed by atoms with E-state index < -0.39 is 10.0 Å². The number of rotatable bonds is 2. The minimum Gasteiger partial charge on any atom is -0.493 e. The molecular weight excluding hydrogens is 342 g/mol.